The van der Waals surface area contributed by atoms with E-state index >= 15 is 0 Å². The van der Waals surface area contributed by atoms with Gasteiger partial charge < -0.3 is 0 Å². The van der Waals surface area contributed by atoms with Gasteiger partial charge in [-0.05, 0) is 18.2 Å². The molecule has 0 fully saturated rings. The molecule has 0 amide bonds. The molecular weight excluding hydrogens is 326 g/mol. The summed E-state index contributed by atoms with van der Waals surface area (Å²) < 4.78 is 29.2. The van der Waals surface area contributed by atoms with Crippen molar-refractivity contribution < 1.29 is 8.42 Å². The highest BCUT2D eigenvalue weighted by Crippen LogP contribution is 2.30. The standard InChI is InChI=1S/C16H13N5O2S/c1-20-10-13(9-19-20)15-7-12-8-17-11-18-16(12)21(15)24(22,23)14-5-3-2-4-6-14/h2-11H,1H3. The lowest BCUT2D eigenvalue weighted by molar-refractivity contribution is 0.589. The zero-order valence-corrected chi connectivity index (χ0v) is 13.6. The Hall–Kier alpha value is -3.00. The number of rotatable bonds is 3. The van der Waals surface area contributed by atoms with E-state index in [1.54, 1.807) is 66.7 Å². The van der Waals surface area contributed by atoms with Gasteiger partial charge in [0.05, 0.1) is 16.8 Å². The monoisotopic (exact) mass is 339 g/mol. The Labute approximate surface area is 138 Å². The minimum atomic E-state index is -3.80. The second kappa shape index (κ2) is 5.27. The van der Waals surface area contributed by atoms with E-state index in [9.17, 15) is 8.42 Å². The van der Waals surface area contributed by atoms with Crippen molar-refractivity contribution >= 4 is 21.1 Å². The third kappa shape index (κ3) is 2.19. The van der Waals surface area contributed by atoms with E-state index < -0.39 is 10.0 Å². The first-order chi connectivity index (χ1) is 11.6. The van der Waals surface area contributed by atoms with Crippen molar-refractivity contribution in [2.45, 2.75) is 4.90 Å². The Bertz CT molecular complexity index is 1130. The van der Waals surface area contributed by atoms with Crippen LogP contribution in [0.25, 0.3) is 22.3 Å². The molecule has 0 N–H and O–H groups in total. The molecule has 24 heavy (non-hydrogen) atoms. The van der Waals surface area contributed by atoms with Gasteiger partial charge in [0.1, 0.15) is 6.33 Å². The lowest BCUT2D eigenvalue weighted by Crippen LogP contribution is -2.14. The van der Waals surface area contributed by atoms with Crippen molar-refractivity contribution in [2.75, 3.05) is 0 Å². The molecule has 3 aromatic heterocycles. The Balaban J connectivity index is 2.07. The van der Waals surface area contributed by atoms with Gasteiger partial charge in [0.2, 0.25) is 0 Å². The van der Waals surface area contributed by atoms with E-state index in [0.717, 1.165) is 0 Å². The fourth-order valence-corrected chi connectivity index (χ4v) is 4.13. The van der Waals surface area contributed by atoms with Crippen LogP contribution in [-0.4, -0.2) is 32.1 Å². The molecule has 0 aliphatic rings. The fraction of sp³-hybridized carbons (Fsp3) is 0.0625. The number of benzene rings is 1. The highest BCUT2D eigenvalue weighted by molar-refractivity contribution is 7.90. The van der Waals surface area contributed by atoms with Crippen LogP contribution in [0.5, 0.6) is 0 Å². The van der Waals surface area contributed by atoms with Gasteiger partial charge in [-0.3, -0.25) is 4.68 Å². The predicted molar refractivity (Wildman–Crippen MR) is 88.8 cm³/mol. The van der Waals surface area contributed by atoms with Gasteiger partial charge in [0, 0.05) is 30.4 Å². The Morgan fingerprint density at radius 3 is 2.58 bits per heavy atom. The SMILES string of the molecule is Cn1cc(-c2cc3cncnc3n2S(=O)(=O)c2ccccc2)cn1. The molecular formula is C16H13N5O2S. The van der Waals surface area contributed by atoms with E-state index in [-0.39, 0.29) is 4.90 Å². The molecule has 4 rings (SSSR count). The van der Waals surface area contributed by atoms with Gasteiger partial charge in [-0.2, -0.15) is 5.10 Å². The largest absolute Gasteiger partial charge is 0.275 e. The van der Waals surface area contributed by atoms with Crippen LogP contribution >= 0.6 is 0 Å². The zero-order chi connectivity index (χ0) is 16.7. The molecule has 0 saturated carbocycles. The summed E-state index contributed by atoms with van der Waals surface area (Å²) in [7, 11) is -2.02. The summed E-state index contributed by atoms with van der Waals surface area (Å²) in [5.41, 5.74) is 1.53. The Morgan fingerprint density at radius 1 is 1.08 bits per heavy atom. The van der Waals surface area contributed by atoms with Gasteiger partial charge >= 0.3 is 0 Å². The van der Waals surface area contributed by atoms with Crippen molar-refractivity contribution in [1.29, 1.82) is 0 Å². The number of aryl methyl sites for hydroxylation is 1. The Morgan fingerprint density at radius 2 is 1.88 bits per heavy atom. The summed E-state index contributed by atoms with van der Waals surface area (Å²) >= 11 is 0. The molecule has 7 nitrogen and oxygen atoms in total. The number of nitrogens with zero attached hydrogens (tertiary/aromatic N) is 5. The van der Waals surface area contributed by atoms with Crippen LogP contribution in [0.3, 0.4) is 0 Å². The third-order valence-electron chi connectivity index (χ3n) is 3.70. The first kappa shape index (κ1) is 14.6. The van der Waals surface area contributed by atoms with E-state index in [4.69, 9.17) is 0 Å². The zero-order valence-electron chi connectivity index (χ0n) is 12.7. The van der Waals surface area contributed by atoms with Crippen LogP contribution in [0.4, 0.5) is 0 Å². The van der Waals surface area contributed by atoms with Crippen LogP contribution in [0.1, 0.15) is 0 Å². The van der Waals surface area contributed by atoms with Gasteiger partial charge in [0.15, 0.2) is 5.65 Å². The van der Waals surface area contributed by atoms with Crippen LogP contribution in [0, 0.1) is 0 Å². The Kier molecular flexibility index (Phi) is 3.20. The highest BCUT2D eigenvalue weighted by atomic mass is 32.2. The summed E-state index contributed by atoms with van der Waals surface area (Å²) in [5, 5.41) is 4.78. The first-order valence-electron chi connectivity index (χ1n) is 7.18. The molecule has 1 aromatic carbocycles. The first-order valence-corrected chi connectivity index (χ1v) is 8.62. The van der Waals surface area contributed by atoms with Gasteiger partial charge in [-0.1, -0.05) is 18.2 Å². The summed E-state index contributed by atoms with van der Waals surface area (Å²) in [4.78, 5) is 8.35. The smallest absolute Gasteiger partial charge is 0.269 e. The summed E-state index contributed by atoms with van der Waals surface area (Å²) in [6, 6.07) is 10.0. The maximum absolute atomic E-state index is 13.2. The maximum atomic E-state index is 13.2. The summed E-state index contributed by atoms with van der Waals surface area (Å²) in [5.74, 6) is 0. The number of aromatic nitrogens is 5. The molecule has 0 bridgehead atoms. The van der Waals surface area contributed by atoms with Gasteiger partial charge in [-0.15, -0.1) is 0 Å². The summed E-state index contributed by atoms with van der Waals surface area (Å²) in [6.45, 7) is 0. The van der Waals surface area contributed by atoms with Gasteiger partial charge in [0.25, 0.3) is 10.0 Å². The molecule has 120 valence electrons. The van der Waals surface area contributed by atoms with Crippen LogP contribution < -0.4 is 0 Å². The topological polar surface area (TPSA) is 82.7 Å². The lowest BCUT2D eigenvalue weighted by Gasteiger charge is -2.10. The maximum Gasteiger partial charge on any atom is 0.269 e. The van der Waals surface area contributed by atoms with Crippen LogP contribution in [0.15, 0.2) is 66.2 Å². The number of hydrogen-bond donors (Lipinski definition) is 0. The molecule has 3 heterocycles. The third-order valence-corrected chi connectivity index (χ3v) is 5.42. The van der Waals surface area contributed by atoms with Crippen molar-refractivity contribution in [3.05, 3.63) is 61.3 Å². The van der Waals surface area contributed by atoms with E-state index in [0.29, 0.717) is 22.3 Å². The van der Waals surface area contributed by atoms with Crippen LogP contribution in [0.2, 0.25) is 0 Å². The summed E-state index contributed by atoms with van der Waals surface area (Å²) in [6.07, 6.45) is 6.32. The molecule has 0 atom stereocenters. The average Bonchev–Trinajstić information content (AvgIpc) is 3.19. The minimum absolute atomic E-state index is 0.200. The lowest BCUT2D eigenvalue weighted by atomic mass is 10.2. The predicted octanol–water partition coefficient (Wildman–Crippen LogP) is 2.07. The molecule has 0 unspecified atom stereocenters. The van der Waals surface area contributed by atoms with Crippen molar-refractivity contribution in [3.63, 3.8) is 0 Å². The number of hydrogen-bond acceptors (Lipinski definition) is 5. The van der Waals surface area contributed by atoms with E-state index in [2.05, 4.69) is 15.1 Å². The quantitative estimate of drug-likeness (QED) is 0.570. The van der Waals surface area contributed by atoms with Crippen molar-refractivity contribution in [1.82, 2.24) is 23.7 Å². The second-order valence-corrected chi connectivity index (χ2v) is 7.10. The average molecular weight is 339 g/mol. The fourth-order valence-electron chi connectivity index (χ4n) is 2.62. The number of fused-ring (bicyclic) bond motifs is 1. The molecule has 8 heteroatoms. The minimum Gasteiger partial charge on any atom is -0.275 e. The highest BCUT2D eigenvalue weighted by Gasteiger charge is 2.25. The molecule has 0 spiro atoms. The molecule has 0 saturated heterocycles. The molecule has 0 aliphatic heterocycles. The van der Waals surface area contributed by atoms with Crippen LogP contribution in [-0.2, 0) is 17.1 Å². The molecule has 0 radical (unpaired) electrons. The van der Waals surface area contributed by atoms with Crippen molar-refractivity contribution in [2.24, 2.45) is 7.05 Å². The normalized spacial score (nSPS) is 11.9. The van der Waals surface area contributed by atoms with E-state index in [1.165, 1.54) is 10.3 Å². The molecule has 0 aliphatic carbocycles. The van der Waals surface area contributed by atoms with Crippen molar-refractivity contribution in [3.8, 4) is 11.3 Å². The van der Waals surface area contributed by atoms with E-state index in [1.807, 2.05) is 0 Å². The second-order valence-electron chi connectivity index (χ2n) is 5.32. The molecule has 4 aromatic rings. The van der Waals surface area contributed by atoms with Gasteiger partial charge in [-0.25, -0.2) is 22.4 Å².